The first kappa shape index (κ1) is 9.95. The van der Waals surface area contributed by atoms with Crippen LogP contribution >= 0.6 is 11.8 Å². The maximum absolute atomic E-state index is 8.47. The molecule has 4 heteroatoms. The van der Waals surface area contributed by atoms with Gasteiger partial charge in [-0.2, -0.15) is 22.3 Å². The minimum Gasteiger partial charge on any atom is -0.386 e. The standard InChI is InChI=1S/C9H11N3S/c10-5-8(6-11)7-12-9-1-3-13-4-2-9/h7,9,12H,1-4H2. The van der Waals surface area contributed by atoms with Gasteiger partial charge in [-0.3, -0.25) is 0 Å². The summed E-state index contributed by atoms with van der Waals surface area (Å²) < 4.78 is 0. The molecule has 3 nitrogen and oxygen atoms in total. The molecule has 0 spiro atoms. The van der Waals surface area contributed by atoms with Gasteiger partial charge in [0, 0.05) is 12.2 Å². The Hall–Kier alpha value is -1.13. The molecule has 0 amide bonds. The molecule has 0 saturated carbocycles. The number of nitrogens with one attached hydrogen (secondary N) is 1. The molecule has 0 aromatic heterocycles. The molecule has 0 radical (unpaired) electrons. The summed E-state index contributed by atoms with van der Waals surface area (Å²) in [7, 11) is 0. The van der Waals surface area contributed by atoms with Crippen LogP contribution in [-0.2, 0) is 0 Å². The normalized spacial score (nSPS) is 16.8. The minimum absolute atomic E-state index is 0.151. The van der Waals surface area contributed by atoms with Crippen LogP contribution < -0.4 is 5.32 Å². The van der Waals surface area contributed by atoms with E-state index in [1.165, 1.54) is 17.7 Å². The van der Waals surface area contributed by atoms with E-state index in [1.54, 1.807) is 0 Å². The smallest absolute Gasteiger partial charge is 0.145 e. The van der Waals surface area contributed by atoms with Gasteiger partial charge in [0.15, 0.2) is 0 Å². The molecule has 0 unspecified atom stereocenters. The van der Waals surface area contributed by atoms with Crippen LogP contribution in [0.2, 0.25) is 0 Å². The van der Waals surface area contributed by atoms with Gasteiger partial charge in [0.25, 0.3) is 0 Å². The first-order valence-corrected chi connectivity index (χ1v) is 5.36. The van der Waals surface area contributed by atoms with Crippen molar-refractivity contribution in [3.63, 3.8) is 0 Å². The van der Waals surface area contributed by atoms with Gasteiger partial charge in [0.05, 0.1) is 0 Å². The molecule has 0 aromatic carbocycles. The molecular formula is C9H11N3S. The molecule has 0 atom stereocenters. The average molecular weight is 193 g/mol. The van der Waals surface area contributed by atoms with E-state index in [9.17, 15) is 0 Å². The van der Waals surface area contributed by atoms with Gasteiger partial charge in [-0.05, 0) is 24.3 Å². The Labute approximate surface area is 82.4 Å². The highest BCUT2D eigenvalue weighted by Gasteiger charge is 2.11. The van der Waals surface area contributed by atoms with Crippen LogP contribution in [0.25, 0.3) is 0 Å². The highest BCUT2D eigenvalue weighted by Crippen LogP contribution is 2.16. The largest absolute Gasteiger partial charge is 0.386 e. The van der Waals surface area contributed by atoms with E-state index in [2.05, 4.69) is 5.32 Å². The maximum atomic E-state index is 8.47. The Kier molecular flexibility index (Phi) is 4.21. The van der Waals surface area contributed by atoms with Crippen molar-refractivity contribution >= 4 is 11.8 Å². The lowest BCUT2D eigenvalue weighted by atomic mass is 10.1. The van der Waals surface area contributed by atoms with Crippen LogP contribution in [0, 0.1) is 22.7 Å². The summed E-state index contributed by atoms with van der Waals surface area (Å²) in [4.78, 5) is 0. The van der Waals surface area contributed by atoms with Gasteiger partial charge >= 0.3 is 0 Å². The number of thioether (sulfide) groups is 1. The van der Waals surface area contributed by atoms with E-state index in [0.29, 0.717) is 6.04 Å². The first-order chi connectivity index (χ1) is 6.36. The van der Waals surface area contributed by atoms with Crippen molar-refractivity contribution in [2.75, 3.05) is 11.5 Å². The highest BCUT2D eigenvalue weighted by atomic mass is 32.2. The van der Waals surface area contributed by atoms with Crippen LogP contribution in [0.4, 0.5) is 0 Å². The Bertz CT molecular complexity index is 250. The Morgan fingerprint density at radius 1 is 1.31 bits per heavy atom. The fraction of sp³-hybridized carbons (Fsp3) is 0.556. The van der Waals surface area contributed by atoms with Crippen molar-refractivity contribution in [2.45, 2.75) is 18.9 Å². The molecule has 13 heavy (non-hydrogen) atoms. The minimum atomic E-state index is 0.151. The van der Waals surface area contributed by atoms with Gasteiger partial charge in [-0.15, -0.1) is 0 Å². The van der Waals surface area contributed by atoms with Crippen molar-refractivity contribution in [1.29, 1.82) is 10.5 Å². The summed E-state index contributed by atoms with van der Waals surface area (Å²) in [5.74, 6) is 2.33. The molecule has 1 fully saturated rings. The molecule has 0 aliphatic carbocycles. The Balaban J connectivity index is 2.37. The quantitative estimate of drug-likeness (QED) is 0.673. The van der Waals surface area contributed by atoms with Gasteiger partial charge < -0.3 is 5.32 Å². The summed E-state index contributed by atoms with van der Waals surface area (Å²) in [6, 6.07) is 4.09. The van der Waals surface area contributed by atoms with Crippen molar-refractivity contribution in [1.82, 2.24) is 5.32 Å². The van der Waals surface area contributed by atoms with Gasteiger partial charge in [0.1, 0.15) is 17.7 Å². The van der Waals surface area contributed by atoms with Crippen molar-refractivity contribution in [2.24, 2.45) is 0 Å². The fourth-order valence-corrected chi connectivity index (χ4v) is 2.26. The number of nitriles is 2. The third-order valence-corrected chi connectivity index (χ3v) is 2.97. The molecule has 1 rings (SSSR count). The van der Waals surface area contributed by atoms with Gasteiger partial charge in [-0.1, -0.05) is 0 Å². The van der Waals surface area contributed by atoms with E-state index in [0.717, 1.165) is 12.8 Å². The molecular weight excluding hydrogens is 182 g/mol. The number of allylic oxidation sites excluding steroid dienone is 1. The molecule has 1 heterocycles. The van der Waals surface area contributed by atoms with E-state index in [1.807, 2.05) is 23.9 Å². The van der Waals surface area contributed by atoms with Gasteiger partial charge in [0.2, 0.25) is 0 Å². The topological polar surface area (TPSA) is 59.6 Å². The summed E-state index contributed by atoms with van der Waals surface area (Å²) in [5, 5.41) is 20.0. The average Bonchev–Trinajstić information content (AvgIpc) is 2.21. The Morgan fingerprint density at radius 2 is 1.92 bits per heavy atom. The molecule has 68 valence electrons. The van der Waals surface area contributed by atoms with Crippen LogP contribution in [0.1, 0.15) is 12.8 Å². The van der Waals surface area contributed by atoms with Crippen molar-refractivity contribution in [3.05, 3.63) is 11.8 Å². The van der Waals surface area contributed by atoms with Crippen LogP contribution in [0.3, 0.4) is 0 Å². The lowest BCUT2D eigenvalue weighted by Crippen LogP contribution is -2.28. The highest BCUT2D eigenvalue weighted by molar-refractivity contribution is 7.99. The zero-order valence-corrected chi connectivity index (χ0v) is 8.10. The third kappa shape index (κ3) is 3.40. The van der Waals surface area contributed by atoms with E-state index in [-0.39, 0.29) is 5.57 Å². The second kappa shape index (κ2) is 5.50. The molecule has 1 saturated heterocycles. The number of hydrogen-bond acceptors (Lipinski definition) is 4. The summed E-state index contributed by atoms with van der Waals surface area (Å²) >= 11 is 1.95. The molecule has 0 aromatic rings. The van der Waals surface area contributed by atoms with Crippen LogP contribution in [0.5, 0.6) is 0 Å². The van der Waals surface area contributed by atoms with Crippen LogP contribution in [0.15, 0.2) is 11.8 Å². The predicted octanol–water partition coefficient (Wildman–Crippen LogP) is 1.40. The Morgan fingerprint density at radius 3 is 2.46 bits per heavy atom. The van der Waals surface area contributed by atoms with Crippen molar-refractivity contribution in [3.8, 4) is 12.1 Å². The SMILES string of the molecule is N#CC(C#N)=CNC1CCSCC1. The summed E-state index contributed by atoms with van der Waals surface area (Å²) in [5.41, 5.74) is 0.151. The van der Waals surface area contributed by atoms with E-state index >= 15 is 0 Å². The molecule has 0 bridgehead atoms. The van der Waals surface area contributed by atoms with E-state index in [4.69, 9.17) is 10.5 Å². The fourth-order valence-electron chi connectivity index (χ4n) is 1.15. The van der Waals surface area contributed by atoms with E-state index < -0.39 is 0 Å². The predicted molar refractivity (Wildman–Crippen MR) is 52.8 cm³/mol. The molecule has 1 aliphatic heterocycles. The number of rotatable bonds is 2. The second-order valence-corrected chi connectivity index (χ2v) is 4.06. The third-order valence-electron chi connectivity index (χ3n) is 1.93. The molecule has 1 N–H and O–H groups in total. The van der Waals surface area contributed by atoms with Gasteiger partial charge in [-0.25, -0.2) is 0 Å². The lowest BCUT2D eigenvalue weighted by molar-refractivity contribution is 0.548. The summed E-state index contributed by atoms with van der Waals surface area (Å²) in [6.07, 6.45) is 3.76. The summed E-state index contributed by atoms with van der Waals surface area (Å²) in [6.45, 7) is 0. The number of hydrogen-bond donors (Lipinski definition) is 1. The monoisotopic (exact) mass is 193 g/mol. The van der Waals surface area contributed by atoms with Crippen molar-refractivity contribution < 1.29 is 0 Å². The zero-order chi connectivity index (χ0) is 9.52. The van der Waals surface area contributed by atoms with Crippen LogP contribution in [-0.4, -0.2) is 17.5 Å². The zero-order valence-electron chi connectivity index (χ0n) is 7.29. The molecule has 1 aliphatic rings. The first-order valence-electron chi connectivity index (χ1n) is 4.21. The maximum Gasteiger partial charge on any atom is 0.145 e. The second-order valence-electron chi connectivity index (χ2n) is 2.83. The lowest BCUT2D eigenvalue weighted by Gasteiger charge is -2.21. The number of nitrogens with zero attached hydrogens (tertiary/aromatic N) is 2.